The Balaban J connectivity index is 0.000000345. The summed E-state index contributed by atoms with van der Waals surface area (Å²) >= 11 is 0. The molecule has 0 unspecified atom stereocenters. The number of allylic oxidation sites excluding steroid dienone is 2. The zero-order chi connectivity index (χ0) is 35.9. The number of hydrogen-bond acceptors (Lipinski definition) is 4. The van der Waals surface area contributed by atoms with Crippen LogP contribution in [-0.4, -0.2) is 30.6 Å². The molecule has 0 spiro atoms. The van der Waals surface area contributed by atoms with Gasteiger partial charge in [-0.2, -0.15) is 13.2 Å². The molecule has 2 N–H and O–H groups in total. The third-order valence-electron chi connectivity index (χ3n) is 8.21. The molecule has 0 saturated carbocycles. The molecule has 261 valence electrons. The third-order valence-corrected chi connectivity index (χ3v) is 8.21. The molecule has 0 atom stereocenters. The van der Waals surface area contributed by atoms with E-state index in [9.17, 15) is 23.1 Å². The second-order valence-corrected chi connectivity index (χ2v) is 14.4. The van der Waals surface area contributed by atoms with E-state index in [1.54, 1.807) is 0 Å². The van der Waals surface area contributed by atoms with Gasteiger partial charge in [-0.1, -0.05) is 71.0 Å². The molecule has 6 aromatic rings. The molecular formula is C41H40F3IrN3O2. The summed E-state index contributed by atoms with van der Waals surface area (Å²) < 4.78 is 38.6. The minimum Gasteiger partial charge on any atom is -0.511 e. The van der Waals surface area contributed by atoms with Crippen LogP contribution in [0.15, 0.2) is 91.1 Å². The Morgan fingerprint density at radius 2 is 1.32 bits per heavy atom. The number of aromatic nitrogens is 3. The van der Waals surface area contributed by atoms with Crippen LogP contribution >= 0.6 is 0 Å². The molecule has 5 nitrogen and oxygen atoms in total. The summed E-state index contributed by atoms with van der Waals surface area (Å²) in [4.78, 5) is 22.1. The SMILES string of the molecule is CC(C)(C)C(=[OH+])/C=C(\O)C(C)(C)C.Cc1[c-]c(-c2nccc3c2ccc2c4ccc(-c5ncc(C(F)(F)F)cn5)cc4ccc32)cc(C)c1.[Ir]. The van der Waals surface area contributed by atoms with Crippen molar-refractivity contribution in [1.29, 1.82) is 0 Å². The minimum absolute atomic E-state index is 0. The molecule has 4 aromatic carbocycles. The van der Waals surface area contributed by atoms with E-state index in [1.807, 2.05) is 85.0 Å². The van der Waals surface area contributed by atoms with Crippen LogP contribution in [0, 0.1) is 30.7 Å². The standard InChI is InChI=1S/C30H19F3N3.C11H20O2.Ir/c1-17-11-18(2)13-21(12-17)28-27-8-7-24-23-5-4-20(29-35-15-22(16-36-29)30(31,32)33)14-19(23)3-6-25(24)26(27)9-10-34-28;1-10(2,3)8(12)7-9(13)11(4,5)6;/h3-12,14-16H,1-2H3;7,12H,1-6H3;/q-1;;/p+1/b;8-7-;. The molecule has 0 aliphatic heterocycles. The molecule has 50 heavy (non-hydrogen) atoms. The predicted octanol–water partition coefficient (Wildman–Crippen LogP) is 11.2. The summed E-state index contributed by atoms with van der Waals surface area (Å²) in [5.74, 6) is 0.670. The maximum Gasteiger partial charge on any atom is 0.419 e. The van der Waals surface area contributed by atoms with Crippen LogP contribution in [0.4, 0.5) is 13.2 Å². The van der Waals surface area contributed by atoms with E-state index in [0.29, 0.717) is 5.56 Å². The Labute approximate surface area is 304 Å². The number of nitrogens with zero attached hydrogens (tertiary/aromatic N) is 3. The number of hydrogen-bond donors (Lipinski definition) is 1. The number of halogens is 3. The smallest absolute Gasteiger partial charge is 0.419 e. The predicted molar refractivity (Wildman–Crippen MR) is 193 cm³/mol. The molecule has 2 heterocycles. The van der Waals surface area contributed by atoms with Crippen molar-refractivity contribution in [3.63, 3.8) is 0 Å². The Morgan fingerprint density at radius 3 is 1.92 bits per heavy atom. The number of fused-ring (bicyclic) bond motifs is 5. The van der Waals surface area contributed by atoms with Gasteiger partial charge < -0.3 is 10.1 Å². The van der Waals surface area contributed by atoms with Crippen LogP contribution in [0.5, 0.6) is 0 Å². The molecule has 9 heteroatoms. The zero-order valence-corrected chi connectivity index (χ0v) is 31.7. The number of alkyl halides is 3. The number of aliphatic hydroxyl groups is 1. The number of aliphatic hydroxyl groups excluding tert-OH is 1. The summed E-state index contributed by atoms with van der Waals surface area (Å²) in [5, 5.41) is 15.9. The van der Waals surface area contributed by atoms with E-state index in [1.165, 1.54) is 11.6 Å². The monoisotopic (exact) mass is 856 g/mol. The van der Waals surface area contributed by atoms with Gasteiger partial charge in [0.25, 0.3) is 0 Å². The van der Waals surface area contributed by atoms with Crippen molar-refractivity contribution in [2.24, 2.45) is 10.8 Å². The van der Waals surface area contributed by atoms with E-state index in [-0.39, 0.29) is 48.3 Å². The van der Waals surface area contributed by atoms with Crippen molar-refractivity contribution in [3.8, 4) is 22.6 Å². The summed E-state index contributed by atoms with van der Waals surface area (Å²) in [6.07, 6.45) is 0.447. The maximum atomic E-state index is 12.9. The van der Waals surface area contributed by atoms with Gasteiger partial charge in [-0.05, 0) is 70.9 Å². The Morgan fingerprint density at radius 1 is 0.740 bits per heavy atom. The fourth-order valence-corrected chi connectivity index (χ4v) is 5.37. The van der Waals surface area contributed by atoms with Gasteiger partial charge in [0, 0.05) is 49.7 Å². The summed E-state index contributed by atoms with van der Waals surface area (Å²) in [7, 11) is 0. The Bertz CT molecular complexity index is 2210. The molecule has 0 amide bonds. The molecule has 0 aliphatic rings. The van der Waals surface area contributed by atoms with Gasteiger partial charge in [0.15, 0.2) is 5.82 Å². The van der Waals surface area contributed by atoms with Crippen molar-refractivity contribution in [2.45, 2.75) is 61.6 Å². The van der Waals surface area contributed by atoms with E-state index in [4.69, 9.17) is 0 Å². The van der Waals surface area contributed by atoms with Crippen molar-refractivity contribution in [2.75, 3.05) is 0 Å². The van der Waals surface area contributed by atoms with Crippen LogP contribution < -0.4 is 0 Å². The first-order chi connectivity index (χ1) is 22.8. The van der Waals surface area contributed by atoms with Crippen molar-refractivity contribution in [1.82, 2.24) is 15.0 Å². The number of aryl methyl sites for hydroxylation is 2. The van der Waals surface area contributed by atoms with Gasteiger partial charge in [-0.3, -0.25) is 4.79 Å². The van der Waals surface area contributed by atoms with E-state index in [0.717, 1.165) is 61.5 Å². The molecule has 0 bridgehead atoms. The number of carbonyl (C=O) groups excluding carboxylic acids is 1. The molecule has 0 saturated heterocycles. The van der Waals surface area contributed by atoms with Crippen molar-refractivity contribution in [3.05, 3.63) is 114 Å². The number of rotatable bonds is 3. The third kappa shape index (κ3) is 8.45. The van der Waals surface area contributed by atoms with Crippen LogP contribution in [-0.2, 0) is 26.3 Å². The number of pyridine rings is 1. The van der Waals surface area contributed by atoms with E-state index >= 15 is 0 Å². The van der Waals surface area contributed by atoms with Crippen LogP contribution in [0.25, 0.3) is 55.0 Å². The van der Waals surface area contributed by atoms with Crippen molar-refractivity contribution < 1.29 is 43.2 Å². The second-order valence-electron chi connectivity index (χ2n) is 14.4. The largest absolute Gasteiger partial charge is 0.511 e. The molecule has 1 radical (unpaired) electrons. The van der Waals surface area contributed by atoms with Gasteiger partial charge >= 0.3 is 12.0 Å². The first-order valence-corrected chi connectivity index (χ1v) is 16.0. The second kappa shape index (κ2) is 14.4. The number of ketones is 1. The zero-order valence-electron chi connectivity index (χ0n) is 29.3. The average Bonchev–Trinajstić information content (AvgIpc) is 3.02. The van der Waals surface area contributed by atoms with Gasteiger partial charge in [-0.25, -0.2) is 9.97 Å². The average molecular weight is 856 g/mol. The van der Waals surface area contributed by atoms with E-state index in [2.05, 4.69) is 58.3 Å². The van der Waals surface area contributed by atoms with E-state index < -0.39 is 11.7 Å². The maximum absolute atomic E-state index is 12.9. The van der Waals surface area contributed by atoms with Gasteiger partial charge in [0.1, 0.15) is 5.76 Å². The quantitative estimate of drug-likeness (QED) is 0.0632. The number of benzene rings is 4. The molecule has 0 fully saturated rings. The van der Waals surface area contributed by atoms with Crippen LogP contribution in [0.3, 0.4) is 0 Å². The first kappa shape index (κ1) is 38.3. The Kier molecular flexibility index (Phi) is 11.1. The van der Waals surface area contributed by atoms with Crippen LogP contribution in [0.2, 0.25) is 0 Å². The topological polar surface area (TPSA) is 80.3 Å². The fourth-order valence-electron chi connectivity index (χ4n) is 5.37. The molecule has 6 rings (SSSR count). The fraction of sp³-hybridized carbons (Fsp3) is 0.268. The normalized spacial score (nSPS) is 12.4. The minimum atomic E-state index is -4.46. The summed E-state index contributed by atoms with van der Waals surface area (Å²) in [5.41, 5.74) is 3.29. The summed E-state index contributed by atoms with van der Waals surface area (Å²) in [6, 6.07) is 23.7. The summed E-state index contributed by atoms with van der Waals surface area (Å²) in [6.45, 7) is 15.5. The van der Waals surface area contributed by atoms with Gasteiger partial charge in [0.2, 0.25) is 0 Å². The van der Waals surface area contributed by atoms with Crippen LogP contribution in [0.1, 0.15) is 58.2 Å². The molecule has 0 aliphatic carbocycles. The Hall–Kier alpha value is -4.46. The first-order valence-electron chi connectivity index (χ1n) is 16.0. The van der Waals surface area contributed by atoms with Gasteiger partial charge in [-0.15, -0.1) is 34.9 Å². The molecular weight excluding hydrogens is 816 g/mol. The van der Waals surface area contributed by atoms with Crippen molar-refractivity contribution >= 4 is 38.1 Å². The van der Waals surface area contributed by atoms with Gasteiger partial charge in [0.05, 0.1) is 17.1 Å². The molecule has 2 aromatic heterocycles.